The second-order valence-corrected chi connectivity index (χ2v) is 10.9. The highest BCUT2D eigenvalue weighted by Crippen LogP contribution is 2.29. The number of fused-ring (bicyclic) bond motifs is 1. The number of benzene rings is 1. The van der Waals surface area contributed by atoms with Gasteiger partial charge in [-0.1, -0.05) is 23.7 Å². The van der Waals surface area contributed by atoms with Gasteiger partial charge >= 0.3 is 0 Å². The molecule has 9 heteroatoms. The van der Waals surface area contributed by atoms with Gasteiger partial charge in [0, 0.05) is 17.0 Å². The Morgan fingerprint density at radius 2 is 2.11 bits per heavy atom. The van der Waals surface area contributed by atoms with E-state index in [2.05, 4.69) is 10.4 Å². The summed E-state index contributed by atoms with van der Waals surface area (Å²) in [4.78, 5) is 14.1. The van der Waals surface area contributed by atoms with Crippen molar-refractivity contribution in [1.82, 2.24) is 15.1 Å². The third-order valence-electron chi connectivity index (χ3n) is 4.95. The van der Waals surface area contributed by atoms with Crippen molar-refractivity contribution in [3.8, 4) is 0 Å². The van der Waals surface area contributed by atoms with Crippen LogP contribution < -0.4 is 5.32 Å². The quantitative estimate of drug-likeness (QED) is 0.664. The maximum absolute atomic E-state index is 12.6. The van der Waals surface area contributed by atoms with Gasteiger partial charge in [-0.05, 0) is 43.0 Å². The second kappa shape index (κ2) is 7.50. The highest BCUT2D eigenvalue weighted by Gasteiger charge is 2.28. The van der Waals surface area contributed by atoms with Crippen LogP contribution in [-0.2, 0) is 16.4 Å². The van der Waals surface area contributed by atoms with Gasteiger partial charge in [-0.25, -0.2) is 8.42 Å². The van der Waals surface area contributed by atoms with E-state index in [0.717, 1.165) is 21.5 Å². The molecule has 148 valence electrons. The lowest BCUT2D eigenvalue weighted by atomic mass is 10.1. The van der Waals surface area contributed by atoms with E-state index in [4.69, 9.17) is 11.6 Å². The van der Waals surface area contributed by atoms with Crippen LogP contribution in [0.1, 0.15) is 27.3 Å². The van der Waals surface area contributed by atoms with Gasteiger partial charge in [-0.2, -0.15) is 5.10 Å². The Morgan fingerprint density at radius 1 is 1.36 bits per heavy atom. The van der Waals surface area contributed by atoms with E-state index < -0.39 is 9.84 Å². The number of sulfone groups is 1. The van der Waals surface area contributed by atoms with Crippen molar-refractivity contribution < 1.29 is 13.2 Å². The molecule has 28 heavy (non-hydrogen) atoms. The maximum atomic E-state index is 12.6. The molecule has 1 atom stereocenters. The minimum Gasteiger partial charge on any atom is -0.351 e. The summed E-state index contributed by atoms with van der Waals surface area (Å²) in [7, 11) is -2.93. The predicted molar refractivity (Wildman–Crippen MR) is 112 cm³/mol. The standard InChI is InChI=1S/C19H20ClN3O3S2/c1-12-16-8-17(18(24)21-9-14-6-7-28(25,26)11-14)27-19(16)23(22-12)10-13-2-4-15(20)5-3-13/h2-5,8,14H,6-7,9-11H2,1H3,(H,21,24)/t14-/m1/s1. The summed E-state index contributed by atoms with van der Waals surface area (Å²) in [6.07, 6.45) is 0.615. The number of thiophene rings is 1. The summed E-state index contributed by atoms with van der Waals surface area (Å²) in [5.74, 6) is 0.221. The fourth-order valence-electron chi connectivity index (χ4n) is 3.45. The number of carbonyl (C=O) groups excluding carboxylic acids is 1. The molecule has 3 aromatic rings. The number of nitrogens with one attached hydrogen (secondary N) is 1. The first kappa shape index (κ1) is 19.4. The maximum Gasteiger partial charge on any atom is 0.261 e. The van der Waals surface area contributed by atoms with Crippen LogP contribution in [0, 0.1) is 12.8 Å². The fraction of sp³-hybridized carbons (Fsp3) is 0.368. The van der Waals surface area contributed by atoms with E-state index in [-0.39, 0.29) is 23.3 Å². The molecule has 0 unspecified atom stereocenters. The van der Waals surface area contributed by atoms with E-state index >= 15 is 0 Å². The van der Waals surface area contributed by atoms with Crippen molar-refractivity contribution in [2.75, 3.05) is 18.1 Å². The number of halogens is 1. The van der Waals surface area contributed by atoms with E-state index in [0.29, 0.717) is 29.4 Å². The van der Waals surface area contributed by atoms with Crippen molar-refractivity contribution in [1.29, 1.82) is 0 Å². The van der Waals surface area contributed by atoms with Gasteiger partial charge in [0.05, 0.1) is 28.6 Å². The number of aromatic nitrogens is 2. The van der Waals surface area contributed by atoms with Crippen molar-refractivity contribution in [2.45, 2.75) is 19.9 Å². The number of hydrogen-bond acceptors (Lipinski definition) is 5. The molecule has 1 aliphatic rings. The monoisotopic (exact) mass is 437 g/mol. The molecule has 1 aromatic carbocycles. The fourth-order valence-corrected chi connectivity index (χ4v) is 6.52. The molecule has 1 aliphatic heterocycles. The summed E-state index contributed by atoms with van der Waals surface area (Å²) < 4.78 is 25.0. The van der Waals surface area contributed by atoms with Crippen LogP contribution in [0.3, 0.4) is 0 Å². The lowest BCUT2D eigenvalue weighted by Crippen LogP contribution is -2.29. The summed E-state index contributed by atoms with van der Waals surface area (Å²) in [5, 5.41) is 9.13. The van der Waals surface area contributed by atoms with Gasteiger partial charge in [0.25, 0.3) is 5.91 Å². The average Bonchev–Trinajstić information content (AvgIpc) is 3.31. The zero-order valence-corrected chi connectivity index (χ0v) is 17.7. The third-order valence-corrected chi connectivity index (χ3v) is 8.19. The summed E-state index contributed by atoms with van der Waals surface area (Å²) in [5.41, 5.74) is 1.96. The summed E-state index contributed by atoms with van der Waals surface area (Å²) in [6, 6.07) is 9.48. The number of nitrogens with zero attached hydrogens (tertiary/aromatic N) is 2. The third kappa shape index (κ3) is 4.09. The minimum absolute atomic E-state index is 0.00506. The Labute approximate surface area is 172 Å². The van der Waals surface area contributed by atoms with Gasteiger partial charge in [0.2, 0.25) is 0 Å². The highest BCUT2D eigenvalue weighted by atomic mass is 35.5. The van der Waals surface area contributed by atoms with Gasteiger partial charge in [0.15, 0.2) is 9.84 Å². The van der Waals surface area contributed by atoms with Crippen molar-refractivity contribution >= 4 is 48.9 Å². The first-order chi connectivity index (χ1) is 13.3. The molecule has 0 spiro atoms. The molecular weight excluding hydrogens is 418 g/mol. The molecule has 1 saturated heterocycles. The first-order valence-corrected chi connectivity index (χ1v) is 12.0. The topological polar surface area (TPSA) is 81.1 Å². The van der Waals surface area contributed by atoms with Crippen LogP contribution >= 0.6 is 22.9 Å². The van der Waals surface area contributed by atoms with Crippen LogP contribution in [0.5, 0.6) is 0 Å². The van der Waals surface area contributed by atoms with E-state index in [1.54, 1.807) is 0 Å². The number of aryl methyl sites for hydroxylation is 1. The van der Waals surface area contributed by atoms with Crippen molar-refractivity contribution in [3.63, 3.8) is 0 Å². The van der Waals surface area contributed by atoms with Crippen LogP contribution in [0.4, 0.5) is 0 Å². The molecule has 0 bridgehead atoms. The molecule has 3 heterocycles. The second-order valence-electron chi connectivity index (χ2n) is 7.18. The van der Waals surface area contributed by atoms with Gasteiger partial charge in [-0.3, -0.25) is 9.48 Å². The van der Waals surface area contributed by atoms with E-state index in [9.17, 15) is 13.2 Å². The minimum atomic E-state index is -2.93. The van der Waals surface area contributed by atoms with Crippen LogP contribution in [0.2, 0.25) is 5.02 Å². The largest absolute Gasteiger partial charge is 0.351 e. The number of rotatable bonds is 5. The normalized spacial score (nSPS) is 18.6. The lowest BCUT2D eigenvalue weighted by Gasteiger charge is -2.08. The predicted octanol–water partition coefficient (Wildman–Crippen LogP) is 3.27. The average molecular weight is 438 g/mol. The van der Waals surface area contributed by atoms with Gasteiger partial charge in [-0.15, -0.1) is 11.3 Å². The molecule has 1 fully saturated rings. The number of hydrogen-bond donors (Lipinski definition) is 1. The molecular formula is C19H20ClN3O3S2. The van der Waals surface area contributed by atoms with Crippen LogP contribution in [-0.4, -0.2) is 42.2 Å². The molecule has 2 aromatic heterocycles. The number of carbonyl (C=O) groups is 1. The van der Waals surface area contributed by atoms with E-state index in [1.165, 1.54) is 11.3 Å². The Kier molecular flexibility index (Phi) is 5.20. The molecule has 0 aliphatic carbocycles. The molecule has 1 N–H and O–H groups in total. The smallest absolute Gasteiger partial charge is 0.261 e. The van der Waals surface area contributed by atoms with Crippen LogP contribution in [0.15, 0.2) is 30.3 Å². The molecule has 1 amide bonds. The highest BCUT2D eigenvalue weighted by molar-refractivity contribution is 7.91. The SMILES string of the molecule is Cc1nn(Cc2ccc(Cl)cc2)c2sc(C(=O)NC[C@H]3CCS(=O)(=O)C3)cc12. The Balaban J connectivity index is 1.49. The summed E-state index contributed by atoms with van der Waals surface area (Å²) >= 11 is 7.35. The van der Waals surface area contributed by atoms with E-state index in [1.807, 2.05) is 41.9 Å². The summed E-state index contributed by atoms with van der Waals surface area (Å²) in [6.45, 7) is 2.92. The van der Waals surface area contributed by atoms with Crippen molar-refractivity contribution in [3.05, 3.63) is 51.5 Å². The first-order valence-electron chi connectivity index (χ1n) is 9.01. The molecule has 4 rings (SSSR count). The zero-order valence-electron chi connectivity index (χ0n) is 15.3. The Hall–Kier alpha value is -1.90. The molecule has 0 saturated carbocycles. The van der Waals surface area contributed by atoms with Gasteiger partial charge in [0.1, 0.15) is 4.83 Å². The molecule has 0 radical (unpaired) electrons. The lowest BCUT2D eigenvalue weighted by molar-refractivity contribution is 0.0952. The Bertz CT molecular complexity index is 1130. The number of amides is 1. The van der Waals surface area contributed by atoms with Crippen molar-refractivity contribution in [2.24, 2.45) is 5.92 Å². The van der Waals surface area contributed by atoms with Gasteiger partial charge < -0.3 is 5.32 Å². The Morgan fingerprint density at radius 3 is 2.79 bits per heavy atom. The zero-order chi connectivity index (χ0) is 19.9. The molecule has 6 nitrogen and oxygen atoms in total. The van der Waals surface area contributed by atoms with Crippen LogP contribution in [0.25, 0.3) is 10.2 Å².